The third-order valence-corrected chi connectivity index (χ3v) is 4.27. The summed E-state index contributed by atoms with van der Waals surface area (Å²) in [6.45, 7) is 0. The van der Waals surface area contributed by atoms with Gasteiger partial charge in [-0.1, -0.05) is 23.4 Å². The standard InChI is InChI=1S/C9H5ClN2O3S2/c10-6-7(13)11-3-12-8(6)17-4-1-5(9(14)15)16-2-4/h1-3H,(H,14,15)(H,11,12,13). The molecule has 0 amide bonds. The van der Waals surface area contributed by atoms with Gasteiger partial charge in [0.15, 0.2) is 0 Å². The van der Waals surface area contributed by atoms with Crippen LogP contribution in [0.1, 0.15) is 9.67 Å². The predicted octanol–water partition coefficient (Wildman–Crippen LogP) is 2.33. The van der Waals surface area contributed by atoms with Gasteiger partial charge in [-0.2, -0.15) is 0 Å². The summed E-state index contributed by atoms with van der Waals surface area (Å²) in [5, 5.41) is 10.8. The Hall–Kier alpha value is -1.31. The van der Waals surface area contributed by atoms with E-state index in [1.165, 1.54) is 12.4 Å². The number of nitrogens with one attached hydrogen (secondary N) is 1. The molecule has 17 heavy (non-hydrogen) atoms. The second kappa shape index (κ2) is 4.91. The molecule has 0 aromatic carbocycles. The molecule has 0 aliphatic rings. The number of aromatic carboxylic acids is 1. The van der Waals surface area contributed by atoms with Crippen LogP contribution in [-0.4, -0.2) is 21.0 Å². The van der Waals surface area contributed by atoms with Crippen molar-refractivity contribution in [3.63, 3.8) is 0 Å². The van der Waals surface area contributed by atoms with Gasteiger partial charge < -0.3 is 10.1 Å². The van der Waals surface area contributed by atoms with Crippen LogP contribution in [0.4, 0.5) is 0 Å². The highest BCUT2D eigenvalue weighted by atomic mass is 35.5. The third kappa shape index (κ3) is 2.68. The summed E-state index contributed by atoms with van der Waals surface area (Å²) in [5.41, 5.74) is -0.419. The van der Waals surface area contributed by atoms with Crippen molar-refractivity contribution in [2.75, 3.05) is 0 Å². The quantitative estimate of drug-likeness (QED) is 0.847. The van der Waals surface area contributed by atoms with Gasteiger partial charge in [-0.15, -0.1) is 11.3 Å². The Morgan fingerprint density at radius 2 is 2.35 bits per heavy atom. The maximum atomic E-state index is 11.2. The zero-order chi connectivity index (χ0) is 12.4. The fourth-order valence-corrected chi connectivity index (χ4v) is 2.96. The normalized spacial score (nSPS) is 10.4. The lowest BCUT2D eigenvalue weighted by Gasteiger charge is -1.98. The Labute approximate surface area is 108 Å². The number of aromatic amines is 1. The smallest absolute Gasteiger partial charge is 0.345 e. The fraction of sp³-hybridized carbons (Fsp3) is 0. The van der Waals surface area contributed by atoms with Crippen molar-refractivity contribution < 1.29 is 9.90 Å². The van der Waals surface area contributed by atoms with Crippen LogP contribution < -0.4 is 5.56 Å². The van der Waals surface area contributed by atoms with E-state index in [-0.39, 0.29) is 9.90 Å². The second-order valence-corrected chi connectivity index (χ2v) is 5.26. The number of nitrogens with zero attached hydrogens (tertiary/aromatic N) is 1. The summed E-state index contributed by atoms with van der Waals surface area (Å²) in [6.07, 6.45) is 1.25. The Balaban J connectivity index is 2.28. The maximum absolute atomic E-state index is 11.2. The molecule has 0 atom stereocenters. The lowest BCUT2D eigenvalue weighted by molar-refractivity contribution is 0.0702. The first-order valence-electron chi connectivity index (χ1n) is 4.31. The summed E-state index contributed by atoms with van der Waals surface area (Å²) in [5.74, 6) is -0.980. The summed E-state index contributed by atoms with van der Waals surface area (Å²) in [7, 11) is 0. The molecule has 88 valence electrons. The van der Waals surface area contributed by atoms with Crippen molar-refractivity contribution >= 4 is 40.7 Å². The van der Waals surface area contributed by atoms with Gasteiger partial charge in [0.2, 0.25) is 0 Å². The van der Waals surface area contributed by atoms with Gasteiger partial charge in [-0.3, -0.25) is 4.79 Å². The van der Waals surface area contributed by atoms with E-state index in [0.717, 1.165) is 23.1 Å². The fourth-order valence-electron chi connectivity index (χ4n) is 1.03. The zero-order valence-corrected chi connectivity index (χ0v) is 10.5. The lowest BCUT2D eigenvalue weighted by atomic mass is 10.5. The minimum absolute atomic E-state index is 0.000532. The Morgan fingerprint density at radius 3 is 3.00 bits per heavy atom. The van der Waals surface area contributed by atoms with E-state index in [9.17, 15) is 9.59 Å². The molecule has 2 aromatic rings. The van der Waals surface area contributed by atoms with E-state index in [1.807, 2.05) is 0 Å². The number of halogens is 1. The molecule has 0 unspecified atom stereocenters. The Morgan fingerprint density at radius 1 is 1.59 bits per heavy atom. The maximum Gasteiger partial charge on any atom is 0.345 e. The largest absolute Gasteiger partial charge is 0.477 e. The van der Waals surface area contributed by atoms with Crippen LogP contribution in [0.15, 0.2) is 32.5 Å². The summed E-state index contributed by atoms with van der Waals surface area (Å²) in [6, 6.07) is 1.51. The number of rotatable bonds is 3. The molecule has 0 fully saturated rings. The molecule has 0 bridgehead atoms. The van der Waals surface area contributed by atoms with E-state index in [0.29, 0.717) is 9.92 Å². The van der Waals surface area contributed by atoms with Gasteiger partial charge in [0.25, 0.3) is 5.56 Å². The molecule has 2 aromatic heterocycles. The van der Waals surface area contributed by atoms with Crippen molar-refractivity contribution in [1.82, 2.24) is 9.97 Å². The molecular weight excluding hydrogens is 284 g/mol. The van der Waals surface area contributed by atoms with E-state index in [4.69, 9.17) is 16.7 Å². The van der Waals surface area contributed by atoms with Gasteiger partial charge in [0.05, 0.1) is 6.33 Å². The van der Waals surface area contributed by atoms with Crippen LogP contribution in [0.5, 0.6) is 0 Å². The highest BCUT2D eigenvalue weighted by Gasteiger charge is 2.11. The van der Waals surface area contributed by atoms with E-state index < -0.39 is 11.5 Å². The van der Waals surface area contributed by atoms with Gasteiger partial charge in [0.1, 0.15) is 14.9 Å². The van der Waals surface area contributed by atoms with Crippen molar-refractivity contribution in [3.8, 4) is 0 Å². The van der Waals surface area contributed by atoms with Gasteiger partial charge in [-0.25, -0.2) is 9.78 Å². The number of hydrogen-bond acceptors (Lipinski definition) is 5. The first kappa shape index (κ1) is 12.2. The second-order valence-electron chi connectivity index (χ2n) is 2.90. The van der Waals surface area contributed by atoms with Crippen LogP contribution in [0.25, 0.3) is 0 Å². The Bertz CT molecular complexity index is 623. The van der Waals surface area contributed by atoms with Crippen LogP contribution in [0.2, 0.25) is 5.02 Å². The monoisotopic (exact) mass is 288 g/mol. The Kier molecular flexibility index (Phi) is 3.51. The van der Waals surface area contributed by atoms with Crippen LogP contribution in [0.3, 0.4) is 0 Å². The molecule has 0 saturated carbocycles. The molecule has 0 spiro atoms. The van der Waals surface area contributed by atoms with Gasteiger partial charge in [0, 0.05) is 10.3 Å². The highest BCUT2D eigenvalue weighted by Crippen LogP contribution is 2.32. The van der Waals surface area contributed by atoms with Crippen molar-refractivity contribution in [2.24, 2.45) is 0 Å². The number of aromatic nitrogens is 2. The summed E-state index contributed by atoms with van der Waals surface area (Å²) >= 11 is 8.03. The van der Waals surface area contributed by atoms with Crippen LogP contribution in [0, 0.1) is 0 Å². The SMILES string of the molecule is O=C(O)c1cc(Sc2nc[nH]c(=O)c2Cl)cs1. The molecule has 0 radical (unpaired) electrons. The average Bonchev–Trinajstić information content (AvgIpc) is 2.73. The van der Waals surface area contributed by atoms with E-state index in [2.05, 4.69) is 9.97 Å². The number of carboxylic acid groups (broad SMARTS) is 1. The van der Waals surface area contributed by atoms with Crippen LogP contribution >= 0.6 is 34.7 Å². The first-order valence-corrected chi connectivity index (χ1v) is 6.38. The number of thiophene rings is 1. The molecule has 5 nitrogen and oxygen atoms in total. The molecular formula is C9H5ClN2O3S2. The number of H-pyrrole nitrogens is 1. The molecule has 2 heterocycles. The average molecular weight is 289 g/mol. The number of carbonyl (C=O) groups is 1. The number of hydrogen-bond donors (Lipinski definition) is 2. The lowest BCUT2D eigenvalue weighted by Crippen LogP contribution is -2.07. The summed E-state index contributed by atoms with van der Waals surface area (Å²) in [4.78, 5) is 29.1. The minimum atomic E-state index is -0.980. The summed E-state index contributed by atoms with van der Waals surface area (Å²) < 4.78 is 0. The molecule has 0 aliphatic heterocycles. The molecule has 2 N–H and O–H groups in total. The first-order chi connectivity index (χ1) is 8.08. The molecule has 0 aliphatic carbocycles. The highest BCUT2D eigenvalue weighted by molar-refractivity contribution is 7.99. The third-order valence-electron chi connectivity index (χ3n) is 1.77. The van der Waals surface area contributed by atoms with Crippen LogP contribution in [-0.2, 0) is 0 Å². The van der Waals surface area contributed by atoms with Gasteiger partial charge >= 0.3 is 5.97 Å². The number of carboxylic acids is 1. The van der Waals surface area contributed by atoms with Crippen molar-refractivity contribution in [1.29, 1.82) is 0 Å². The zero-order valence-electron chi connectivity index (χ0n) is 8.14. The minimum Gasteiger partial charge on any atom is -0.477 e. The van der Waals surface area contributed by atoms with Gasteiger partial charge in [-0.05, 0) is 6.07 Å². The van der Waals surface area contributed by atoms with Crippen molar-refractivity contribution in [3.05, 3.63) is 38.0 Å². The molecule has 8 heteroatoms. The molecule has 2 rings (SSSR count). The van der Waals surface area contributed by atoms with E-state index in [1.54, 1.807) is 5.38 Å². The van der Waals surface area contributed by atoms with Crippen molar-refractivity contribution in [2.45, 2.75) is 9.92 Å². The topological polar surface area (TPSA) is 83.0 Å². The predicted molar refractivity (Wildman–Crippen MR) is 65.3 cm³/mol. The van der Waals surface area contributed by atoms with E-state index >= 15 is 0 Å². The molecule has 0 saturated heterocycles.